The van der Waals surface area contributed by atoms with Gasteiger partial charge in [-0.25, -0.2) is 0 Å². The Bertz CT molecular complexity index is 136. The number of nitrogens with two attached hydrogens (primary N) is 1. The van der Waals surface area contributed by atoms with E-state index in [0.717, 1.165) is 32.5 Å². The van der Waals surface area contributed by atoms with Crippen LogP contribution in [0.15, 0.2) is 0 Å². The van der Waals surface area contributed by atoms with E-state index in [4.69, 9.17) is 10.5 Å². The molecular formula is C9H20N2O. The van der Waals surface area contributed by atoms with Crippen molar-refractivity contribution in [3.05, 3.63) is 0 Å². The van der Waals surface area contributed by atoms with Crippen LogP contribution in [-0.4, -0.2) is 31.3 Å². The maximum atomic E-state index is 5.60. The maximum Gasteiger partial charge on any atom is 0.0641 e. The zero-order valence-electron chi connectivity index (χ0n) is 8.10. The molecule has 12 heavy (non-hydrogen) atoms. The van der Waals surface area contributed by atoms with E-state index in [1.54, 1.807) is 0 Å². The van der Waals surface area contributed by atoms with Crippen LogP contribution in [-0.2, 0) is 4.74 Å². The molecule has 0 saturated carbocycles. The zero-order valence-corrected chi connectivity index (χ0v) is 8.10. The molecule has 0 radical (unpaired) electrons. The fraction of sp³-hybridized carbons (Fsp3) is 1.00. The summed E-state index contributed by atoms with van der Waals surface area (Å²) in [6.45, 7) is 6.79. The van der Waals surface area contributed by atoms with Gasteiger partial charge in [0.25, 0.3) is 0 Å². The molecule has 1 saturated heterocycles. The standard InChI is InChI=1S/C9H20N2O/c1-9(2)7-8(3-6-12-9)11-5-4-10/h8,11H,3-7,10H2,1-2H3. The van der Waals surface area contributed by atoms with Gasteiger partial charge in [0, 0.05) is 25.7 Å². The molecule has 1 atom stereocenters. The Hall–Kier alpha value is -0.120. The van der Waals surface area contributed by atoms with Gasteiger partial charge in [-0.3, -0.25) is 0 Å². The van der Waals surface area contributed by atoms with E-state index in [0.29, 0.717) is 6.04 Å². The summed E-state index contributed by atoms with van der Waals surface area (Å²) in [5.74, 6) is 0. The highest BCUT2D eigenvalue weighted by Gasteiger charge is 2.27. The van der Waals surface area contributed by atoms with Gasteiger partial charge in [0.15, 0.2) is 0 Å². The van der Waals surface area contributed by atoms with Crippen LogP contribution in [0.3, 0.4) is 0 Å². The molecular weight excluding hydrogens is 152 g/mol. The molecule has 0 aromatic heterocycles. The lowest BCUT2D eigenvalue weighted by molar-refractivity contribution is -0.0626. The molecule has 0 aliphatic carbocycles. The van der Waals surface area contributed by atoms with E-state index in [2.05, 4.69) is 19.2 Å². The third kappa shape index (κ3) is 3.09. The Kier molecular flexibility index (Phi) is 3.50. The van der Waals surface area contributed by atoms with E-state index >= 15 is 0 Å². The quantitative estimate of drug-likeness (QED) is 0.651. The summed E-state index contributed by atoms with van der Waals surface area (Å²) in [5.41, 5.74) is 5.47. The molecule has 1 aliphatic heterocycles. The summed E-state index contributed by atoms with van der Waals surface area (Å²) < 4.78 is 5.60. The van der Waals surface area contributed by atoms with E-state index in [1.165, 1.54) is 0 Å². The van der Waals surface area contributed by atoms with Crippen LogP contribution in [0.5, 0.6) is 0 Å². The normalized spacial score (nSPS) is 28.8. The van der Waals surface area contributed by atoms with Crippen LogP contribution in [0.2, 0.25) is 0 Å². The Morgan fingerprint density at radius 3 is 2.92 bits per heavy atom. The minimum absolute atomic E-state index is 0.0461. The molecule has 0 spiro atoms. The molecule has 0 bridgehead atoms. The highest BCUT2D eigenvalue weighted by atomic mass is 16.5. The van der Waals surface area contributed by atoms with Gasteiger partial charge in [-0.2, -0.15) is 0 Å². The molecule has 0 amide bonds. The average Bonchev–Trinajstić information content (AvgIpc) is 1.99. The van der Waals surface area contributed by atoms with Crippen molar-refractivity contribution in [1.82, 2.24) is 5.32 Å². The number of nitrogens with one attached hydrogen (secondary N) is 1. The van der Waals surface area contributed by atoms with E-state index in [1.807, 2.05) is 0 Å². The van der Waals surface area contributed by atoms with Gasteiger partial charge in [0.05, 0.1) is 5.60 Å². The molecule has 1 unspecified atom stereocenters. The second-order valence-corrected chi connectivity index (χ2v) is 4.04. The van der Waals surface area contributed by atoms with Crippen molar-refractivity contribution in [2.75, 3.05) is 19.7 Å². The maximum absolute atomic E-state index is 5.60. The van der Waals surface area contributed by atoms with Gasteiger partial charge < -0.3 is 15.8 Å². The van der Waals surface area contributed by atoms with Gasteiger partial charge in [-0.15, -0.1) is 0 Å². The third-order valence-corrected chi connectivity index (χ3v) is 2.27. The van der Waals surface area contributed by atoms with Gasteiger partial charge in [-0.1, -0.05) is 0 Å². The van der Waals surface area contributed by atoms with E-state index in [-0.39, 0.29) is 5.60 Å². The minimum atomic E-state index is 0.0461. The molecule has 1 rings (SSSR count). The third-order valence-electron chi connectivity index (χ3n) is 2.27. The largest absolute Gasteiger partial charge is 0.375 e. The molecule has 72 valence electrons. The second kappa shape index (κ2) is 4.21. The Morgan fingerprint density at radius 1 is 1.58 bits per heavy atom. The van der Waals surface area contributed by atoms with Crippen molar-refractivity contribution in [3.63, 3.8) is 0 Å². The Morgan fingerprint density at radius 2 is 2.33 bits per heavy atom. The highest BCUT2D eigenvalue weighted by Crippen LogP contribution is 2.23. The van der Waals surface area contributed by atoms with Gasteiger partial charge in [-0.05, 0) is 26.7 Å². The lowest BCUT2D eigenvalue weighted by atomic mass is 9.94. The second-order valence-electron chi connectivity index (χ2n) is 4.04. The topological polar surface area (TPSA) is 47.3 Å². The monoisotopic (exact) mass is 172 g/mol. The van der Waals surface area contributed by atoms with Gasteiger partial charge in [0.1, 0.15) is 0 Å². The van der Waals surface area contributed by atoms with Crippen molar-refractivity contribution in [3.8, 4) is 0 Å². The summed E-state index contributed by atoms with van der Waals surface area (Å²) in [7, 11) is 0. The SMILES string of the molecule is CC1(C)CC(NCCN)CCO1. The number of rotatable bonds is 3. The molecule has 1 aliphatic rings. The molecule has 1 heterocycles. The first-order chi connectivity index (χ1) is 5.64. The molecule has 1 fully saturated rings. The minimum Gasteiger partial charge on any atom is -0.375 e. The van der Waals surface area contributed by atoms with E-state index < -0.39 is 0 Å². The summed E-state index contributed by atoms with van der Waals surface area (Å²) in [5, 5.41) is 3.42. The zero-order chi connectivity index (χ0) is 9.03. The first kappa shape index (κ1) is 9.96. The van der Waals surface area contributed by atoms with Crippen molar-refractivity contribution >= 4 is 0 Å². The summed E-state index contributed by atoms with van der Waals surface area (Å²) >= 11 is 0. The Labute approximate surface area is 74.7 Å². The first-order valence-electron chi connectivity index (χ1n) is 4.71. The predicted molar refractivity (Wildman–Crippen MR) is 50.1 cm³/mol. The summed E-state index contributed by atoms with van der Waals surface area (Å²) in [4.78, 5) is 0. The fourth-order valence-corrected chi connectivity index (χ4v) is 1.69. The van der Waals surface area contributed by atoms with Crippen LogP contribution < -0.4 is 11.1 Å². The molecule has 3 nitrogen and oxygen atoms in total. The highest BCUT2D eigenvalue weighted by molar-refractivity contribution is 4.82. The summed E-state index contributed by atoms with van der Waals surface area (Å²) in [6.07, 6.45) is 2.20. The van der Waals surface area contributed by atoms with Crippen molar-refractivity contribution in [2.24, 2.45) is 5.73 Å². The van der Waals surface area contributed by atoms with Gasteiger partial charge in [0.2, 0.25) is 0 Å². The number of hydrogen-bond acceptors (Lipinski definition) is 3. The molecule has 0 aromatic rings. The van der Waals surface area contributed by atoms with E-state index in [9.17, 15) is 0 Å². The average molecular weight is 172 g/mol. The van der Waals surface area contributed by atoms with Crippen LogP contribution in [0.4, 0.5) is 0 Å². The predicted octanol–water partition coefficient (Wildman–Crippen LogP) is 0.492. The molecule has 0 aromatic carbocycles. The molecule has 3 N–H and O–H groups in total. The van der Waals surface area contributed by atoms with Gasteiger partial charge >= 0.3 is 0 Å². The van der Waals surface area contributed by atoms with Crippen LogP contribution in [0, 0.1) is 0 Å². The molecule has 3 heteroatoms. The lowest BCUT2D eigenvalue weighted by Gasteiger charge is -2.35. The lowest BCUT2D eigenvalue weighted by Crippen LogP contribution is -2.44. The Balaban J connectivity index is 2.26. The number of ether oxygens (including phenoxy) is 1. The van der Waals surface area contributed by atoms with Crippen molar-refractivity contribution in [1.29, 1.82) is 0 Å². The number of hydrogen-bond donors (Lipinski definition) is 2. The van der Waals surface area contributed by atoms with Crippen molar-refractivity contribution in [2.45, 2.75) is 38.3 Å². The first-order valence-corrected chi connectivity index (χ1v) is 4.71. The van der Waals surface area contributed by atoms with Crippen LogP contribution in [0.25, 0.3) is 0 Å². The van der Waals surface area contributed by atoms with Crippen molar-refractivity contribution < 1.29 is 4.74 Å². The fourth-order valence-electron chi connectivity index (χ4n) is 1.69. The van der Waals surface area contributed by atoms with Crippen LogP contribution in [0.1, 0.15) is 26.7 Å². The summed E-state index contributed by atoms with van der Waals surface area (Å²) in [6, 6.07) is 0.595. The van der Waals surface area contributed by atoms with Crippen LogP contribution >= 0.6 is 0 Å². The smallest absolute Gasteiger partial charge is 0.0641 e.